The zero-order valence-corrected chi connectivity index (χ0v) is 12.2. The molecule has 0 saturated heterocycles. The molecular weight excluding hydrogens is 234 g/mol. The summed E-state index contributed by atoms with van der Waals surface area (Å²) < 4.78 is 13.3. The fourth-order valence-electron chi connectivity index (χ4n) is 1.81. The van der Waals surface area contributed by atoms with Crippen LogP contribution in [0.3, 0.4) is 0 Å². The van der Waals surface area contributed by atoms with E-state index < -0.39 is 10.8 Å². The summed E-state index contributed by atoms with van der Waals surface area (Å²) >= 11 is 0. The molecule has 0 aliphatic carbocycles. The fraction of sp³-hybridized carbons (Fsp3) is 0.750. The summed E-state index contributed by atoms with van der Waals surface area (Å²) in [6.07, 6.45) is 3.78. The Hall–Kier alpha value is -0.840. The Morgan fingerprint density at radius 3 is 2.65 bits per heavy atom. The molecule has 1 aromatic rings. The molecule has 1 rings (SSSR count). The Morgan fingerprint density at radius 1 is 1.47 bits per heavy atom. The number of anilines is 1. The van der Waals surface area contributed by atoms with Gasteiger partial charge in [-0.3, -0.25) is 4.21 Å². The molecule has 1 aromatic heterocycles. The van der Waals surface area contributed by atoms with Crippen molar-refractivity contribution in [3.05, 3.63) is 11.9 Å². The Kier molecular flexibility index (Phi) is 5.18. The largest absolute Gasteiger partial charge is 0.352 e. The van der Waals surface area contributed by atoms with Gasteiger partial charge in [-0.15, -0.1) is 0 Å². The smallest absolute Gasteiger partial charge is 0.203 e. The Morgan fingerprint density at radius 2 is 2.12 bits per heavy atom. The topological polar surface area (TPSA) is 46.9 Å². The van der Waals surface area contributed by atoms with Crippen molar-refractivity contribution in [3.8, 4) is 0 Å². The highest BCUT2D eigenvalue weighted by Gasteiger charge is 2.11. The van der Waals surface area contributed by atoms with Crippen molar-refractivity contribution >= 4 is 16.7 Å². The van der Waals surface area contributed by atoms with Gasteiger partial charge in [0.1, 0.15) is 0 Å². The second-order valence-electron chi connectivity index (χ2n) is 5.04. The van der Waals surface area contributed by atoms with Crippen molar-refractivity contribution in [1.82, 2.24) is 9.55 Å². The molecular formula is C12H23N3OS. The molecule has 4 nitrogen and oxygen atoms in total. The van der Waals surface area contributed by atoms with Gasteiger partial charge in [-0.2, -0.15) is 0 Å². The fourth-order valence-corrected chi connectivity index (χ4v) is 2.60. The Balaban J connectivity index is 2.72. The third kappa shape index (κ3) is 4.89. The molecule has 0 amide bonds. The zero-order valence-electron chi connectivity index (χ0n) is 11.4. The molecule has 0 fully saturated rings. The Bertz CT molecular complexity index is 387. The third-order valence-electron chi connectivity index (χ3n) is 2.32. The lowest BCUT2D eigenvalue weighted by Gasteiger charge is -2.16. The van der Waals surface area contributed by atoms with Crippen LogP contribution >= 0.6 is 0 Å². The number of hydrogen-bond acceptors (Lipinski definition) is 3. The monoisotopic (exact) mass is 257 g/mol. The number of aryl methyl sites for hydroxylation is 1. The molecule has 1 heterocycles. The number of imidazole rings is 1. The molecule has 98 valence electrons. The normalized spacial score (nSPS) is 14.9. The average Bonchev–Trinajstić information content (AvgIpc) is 2.43. The van der Waals surface area contributed by atoms with Crippen LogP contribution in [-0.2, 0) is 17.3 Å². The van der Waals surface area contributed by atoms with Crippen LogP contribution in [0.15, 0.2) is 6.20 Å². The van der Waals surface area contributed by atoms with Crippen LogP contribution in [0.5, 0.6) is 0 Å². The van der Waals surface area contributed by atoms with Crippen LogP contribution in [0.4, 0.5) is 5.95 Å². The number of nitrogens with zero attached hydrogens (tertiary/aromatic N) is 2. The molecule has 0 radical (unpaired) electrons. The number of hydrogen-bond donors (Lipinski definition) is 1. The molecule has 2 atom stereocenters. The lowest BCUT2D eigenvalue weighted by molar-refractivity contribution is 0.525. The SMILES string of the molecule is Cc1cn(CC(C)C)c(NC(C)CS(C)=O)n1. The van der Waals surface area contributed by atoms with E-state index in [-0.39, 0.29) is 6.04 Å². The first-order valence-corrected chi connectivity index (χ1v) is 7.71. The quantitative estimate of drug-likeness (QED) is 0.848. The summed E-state index contributed by atoms with van der Waals surface area (Å²) in [5, 5.41) is 3.33. The maximum Gasteiger partial charge on any atom is 0.203 e. The molecule has 0 aliphatic heterocycles. The van der Waals surface area contributed by atoms with Crippen molar-refractivity contribution in [1.29, 1.82) is 0 Å². The van der Waals surface area contributed by atoms with Gasteiger partial charge in [0.05, 0.1) is 5.69 Å². The van der Waals surface area contributed by atoms with E-state index in [4.69, 9.17) is 0 Å². The van der Waals surface area contributed by atoms with Gasteiger partial charge in [0, 0.05) is 41.6 Å². The van der Waals surface area contributed by atoms with Gasteiger partial charge in [0.25, 0.3) is 0 Å². The second-order valence-corrected chi connectivity index (χ2v) is 6.52. The molecule has 0 aromatic carbocycles. The van der Waals surface area contributed by atoms with E-state index in [1.165, 1.54) is 0 Å². The van der Waals surface area contributed by atoms with Gasteiger partial charge in [-0.25, -0.2) is 4.98 Å². The van der Waals surface area contributed by atoms with E-state index in [2.05, 4.69) is 34.9 Å². The van der Waals surface area contributed by atoms with Crippen LogP contribution in [0.2, 0.25) is 0 Å². The number of aromatic nitrogens is 2. The summed E-state index contributed by atoms with van der Waals surface area (Å²) in [6, 6.07) is 0.175. The summed E-state index contributed by atoms with van der Waals surface area (Å²) in [5.74, 6) is 2.11. The van der Waals surface area contributed by atoms with Gasteiger partial charge >= 0.3 is 0 Å². The van der Waals surface area contributed by atoms with Crippen LogP contribution in [0.25, 0.3) is 0 Å². The highest BCUT2D eigenvalue weighted by molar-refractivity contribution is 7.84. The molecule has 17 heavy (non-hydrogen) atoms. The van der Waals surface area contributed by atoms with Gasteiger partial charge in [-0.1, -0.05) is 13.8 Å². The summed E-state index contributed by atoms with van der Waals surface area (Å²) in [4.78, 5) is 4.46. The van der Waals surface area contributed by atoms with Crippen molar-refractivity contribution < 1.29 is 4.21 Å². The molecule has 2 unspecified atom stereocenters. The lowest BCUT2D eigenvalue weighted by Crippen LogP contribution is -2.24. The standard InChI is InChI=1S/C12H23N3OS/c1-9(2)6-15-7-10(3)13-12(15)14-11(4)8-17(5)16/h7,9,11H,6,8H2,1-5H3,(H,13,14). The maximum absolute atomic E-state index is 11.2. The van der Waals surface area contributed by atoms with Crippen LogP contribution < -0.4 is 5.32 Å². The van der Waals surface area contributed by atoms with Gasteiger partial charge in [0.15, 0.2) is 0 Å². The Labute approximate surface area is 106 Å². The van der Waals surface area contributed by atoms with Crippen LogP contribution in [-0.4, -0.2) is 31.8 Å². The molecule has 0 spiro atoms. The third-order valence-corrected chi connectivity index (χ3v) is 3.29. The second kappa shape index (κ2) is 6.19. The minimum atomic E-state index is -0.779. The van der Waals surface area contributed by atoms with Gasteiger partial charge < -0.3 is 9.88 Å². The maximum atomic E-state index is 11.2. The van der Waals surface area contributed by atoms with E-state index >= 15 is 0 Å². The van der Waals surface area contributed by atoms with Crippen LogP contribution in [0, 0.1) is 12.8 Å². The number of nitrogens with one attached hydrogen (secondary N) is 1. The molecule has 0 bridgehead atoms. The van der Waals surface area contributed by atoms with Crippen molar-refractivity contribution in [3.63, 3.8) is 0 Å². The number of rotatable bonds is 6. The van der Waals surface area contributed by atoms with E-state index in [1.807, 2.05) is 13.8 Å². The molecule has 0 saturated carbocycles. The van der Waals surface area contributed by atoms with E-state index in [9.17, 15) is 4.21 Å². The van der Waals surface area contributed by atoms with Crippen molar-refractivity contribution in [2.45, 2.75) is 40.3 Å². The molecule has 1 N–H and O–H groups in total. The lowest BCUT2D eigenvalue weighted by atomic mass is 10.2. The van der Waals surface area contributed by atoms with E-state index in [1.54, 1.807) is 6.26 Å². The minimum absolute atomic E-state index is 0.175. The van der Waals surface area contributed by atoms with E-state index in [0.29, 0.717) is 11.7 Å². The van der Waals surface area contributed by atoms with Gasteiger partial charge in [-0.05, 0) is 19.8 Å². The predicted molar refractivity (Wildman–Crippen MR) is 73.8 cm³/mol. The predicted octanol–water partition coefficient (Wildman–Crippen LogP) is 2.03. The van der Waals surface area contributed by atoms with E-state index in [0.717, 1.165) is 18.2 Å². The summed E-state index contributed by atoms with van der Waals surface area (Å²) in [7, 11) is -0.779. The van der Waals surface area contributed by atoms with Crippen molar-refractivity contribution in [2.24, 2.45) is 5.92 Å². The highest BCUT2D eigenvalue weighted by Crippen LogP contribution is 2.12. The summed E-state index contributed by atoms with van der Waals surface area (Å²) in [5.41, 5.74) is 1.01. The average molecular weight is 257 g/mol. The first-order chi connectivity index (χ1) is 7.88. The highest BCUT2D eigenvalue weighted by atomic mass is 32.2. The van der Waals surface area contributed by atoms with Crippen LogP contribution in [0.1, 0.15) is 26.5 Å². The van der Waals surface area contributed by atoms with Gasteiger partial charge in [0.2, 0.25) is 5.95 Å². The summed E-state index contributed by atoms with van der Waals surface area (Å²) in [6.45, 7) is 9.34. The zero-order chi connectivity index (χ0) is 13.0. The minimum Gasteiger partial charge on any atom is -0.352 e. The molecule has 5 heteroatoms. The molecule has 0 aliphatic rings. The van der Waals surface area contributed by atoms with Crippen molar-refractivity contribution in [2.75, 3.05) is 17.3 Å². The first kappa shape index (κ1) is 14.2. The first-order valence-electron chi connectivity index (χ1n) is 5.98.